The zero-order valence-electron chi connectivity index (χ0n) is 10.3. The van der Waals surface area contributed by atoms with E-state index < -0.39 is 0 Å². The molecule has 0 aliphatic rings. The first-order chi connectivity index (χ1) is 7.81. The molecule has 16 heavy (non-hydrogen) atoms. The predicted octanol–water partition coefficient (Wildman–Crippen LogP) is 3.04. The van der Waals surface area contributed by atoms with Gasteiger partial charge in [0.1, 0.15) is 5.75 Å². The number of hydrogen-bond donors (Lipinski definition) is 1. The van der Waals surface area contributed by atoms with Gasteiger partial charge in [-0.15, -0.1) is 0 Å². The Labute approximate surface area is 98.3 Å². The molecule has 0 fully saturated rings. The monoisotopic (exact) mass is 222 g/mol. The number of rotatable bonds is 7. The van der Waals surface area contributed by atoms with E-state index in [4.69, 9.17) is 9.84 Å². The second-order valence-electron chi connectivity index (χ2n) is 4.07. The van der Waals surface area contributed by atoms with Crippen LogP contribution in [0.4, 0.5) is 0 Å². The van der Waals surface area contributed by atoms with Crippen LogP contribution in [0.5, 0.6) is 5.75 Å². The van der Waals surface area contributed by atoms with Crippen molar-refractivity contribution in [2.45, 2.75) is 33.1 Å². The van der Waals surface area contributed by atoms with Gasteiger partial charge in [0.15, 0.2) is 0 Å². The molecule has 2 heteroatoms. The molecule has 1 aromatic rings. The average molecular weight is 222 g/mol. The minimum atomic E-state index is 0.172. The Kier molecular flexibility index (Phi) is 5.94. The summed E-state index contributed by atoms with van der Waals surface area (Å²) in [6, 6.07) is 7.95. The normalized spacial score (nSPS) is 10.8. The summed E-state index contributed by atoms with van der Waals surface area (Å²) in [5, 5.41) is 8.96. The zero-order chi connectivity index (χ0) is 11.8. The van der Waals surface area contributed by atoms with E-state index in [1.54, 1.807) is 0 Å². The van der Waals surface area contributed by atoms with Crippen LogP contribution in [-0.4, -0.2) is 18.3 Å². The van der Waals surface area contributed by atoms with E-state index in [0.717, 1.165) is 30.8 Å². The number of para-hydroxylation sites is 1. The number of ether oxygens (including phenoxy) is 1. The molecule has 0 aromatic heterocycles. The highest BCUT2D eigenvalue weighted by molar-refractivity contribution is 5.33. The third-order valence-electron chi connectivity index (χ3n) is 2.98. The largest absolute Gasteiger partial charge is 0.493 e. The van der Waals surface area contributed by atoms with Crippen molar-refractivity contribution in [2.24, 2.45) is 5.92 Å². The van der Waals surface area contributed by atoms with E-state index in [9.17, 15) is 0 Å². The predicted molar refractivity (Wildman–Crippen MR) is 66.8 cm³/mol. The van der Waals surface area contributed by atoms with Crippen molar-refractivity contribution in [2.75, 3.05) is 13.2 Å². The fraction of sp³-hybridized carbons (Fsp3) is 0.571. The van der Waals surface area contributed by atoms with Crippen LogP contribution >= 0.6 is 0 Å². The van der Waals surface area contributed by atoms with E-state index in [1.165, 1.54) is 0 Å². The Balaban J connectivity index is 2.58. The minimum Gasteiger partial charge on any atom is -0.493 e. The van der Waals surface area contributed by atoms with E-state index in [2.05, 4.69) is 13.8 Å². The highest BCUT2D eigenvalue weighted by Gasteiger charge is 2.06. The van der Waals surface area contributed by atoms with Gasteiger partial charge in [-0.25, -0.2) is 0 Å². The average Bonchev–Trinajstić information content (AvgIpc) is 2.33. The maximum absolute atomic E-state index is 8.96. The van der Waals surface area contributed by atoms with Gasteiger partial charge < -0.3 is 9.84 Å². The van der Waals surface area contributed by atoms with Crippen LogP contribution in [0.25, 0.3) is 0 Å². The zero-order valence-corrected chi connectivity index (χ0v) is 10.3. The van der Waals surface area contributed by atoms with Crippen molar-refractivity contribution >= 4 is 0 Å². The summed E-state index contributed by atoms with van der Waals surface area (Å²) in [4.78, 5) is 0. The van der Waals surface area contributed by atoms with Crippen LogP contribution in [0.3, 0.4) is 0 Å². The summed E-state index contributed by atoms with van der Waals surface area (Å²) in [5.74, 6) is 1.55. The summed E-state index contributed by atoms with van der Waals surface area (Å²) < 4.78 is 5.82. The first kappa shape index (κ1) is 13.0. The number of hydrogen-bond acceptors (Lipinski definition) is 2. The van der Waals surface area contributed by atoms with Crippen molar-refractivity contribution in [1.29, 1.82) is 0 Å². The van der Waals surface area contributed by atoms with Gasteiger partial charge in [0.05, 0.1) is 6.61 Å². The smallest absolute Gasteiger partial charge is 0.122 e. The fourth-order valence-electron chi connectivity index (χ4n) is 1.70. The van der Waals surface area contributed by atoms with E-state index in [-0.39, 0.29) is 6.61 Å². The van der Waals surface area contributed by atoms with Crippen molar-refractivity contribution < 1.29 is 9.84 Å². The Hall–Kier alpha value is -1.02. The summed E-state index contributed by atoms with van der Waals surface area (Å²) in [6.45, 7) is 5.33. The maximum atomic E-state index is 8.96. The lowest BCUT2D eigenvalue weighted by Gasteiger charge is -2.15. The maximum Gasteiger partial charge on any atom is 0.122 e. The van der Waals surface area contributed by atoms with Crippen molar-refractivity contribution in [3.05, 3.63) is 29.8 Å². The minimum absolute atomic E-state index is 0.172. The van der Waals surface area contributed by atoms with Crippen LogP contribution in [-0.2, 0) is 6.42 Å². The van der Waals surface area contributed by atoms with Crippen LogP contribution in [0.2, 0.25) is 0 Å². The lowest BCUT2D eigenvalue weighted by atomic mass is 10.1. The Bertz CT molecular complexity index is 293. The highest BCUT2D eigenvalue weighted by atomic mass is 16.5. The quantitative estimate of drug-likeness (QED) is 0.768. The van der Waals surface area contributed by atoms with Crippen molar-refractivity contribution in [3.63, 3.8) is 0 Å². The van der Waals surface area contributed by atoms with Crippen LogP contribution in [0.1, 0.15) is 32.3 Å². The molecular weight excluding hydrogens is 200 g/mol. The summed E-state index contributed by atoms with van der Waals surface area (Å²) in [7, 11) is 0. The first-order valence-corrected chi connectivity index (χ1v) is 6.13. The second-order valence-corrected chi connectivity index (χ2v) is 4.07. The molecule has 0 saturated carbocycles. The van der Waals surface area contributed by atoms with Gasteiger partial charge in [-0.2, -0.15) is 0 Å². The molecule has 2 nitrogen and oxygen atoms in total. The third-order valence-corrected chi connectivity index (χ3v) is 2.98. The summed E-state index contributed by atoms with van der Waals surface area (Å²) >= 11 is 0. The van der Waals surface area contributed by atoms with Gasteiger partial charge in [-0.1, -0.05) is 44.9 Å². The molecule has 0 unspecified atom stereocenters. The fourth-order valence-corrected chi connectivity index (χ4v) is 1.70. The van der Waals surface area contributed by atoms with E-state index in [0.29, 0.717) is 12.3 Å². The Morgan fingerprint density at radius 3 is 2.50 bits per heavy atom. The molecule has 1 rings (SSSR count). The molecule has 0 radical (unpaired) electrons. The second kappa shape index (κ2) is 7.29. The van der Waals surface area contributed by atoms with Crippen molar-refractivity contribution in [3.8, 4) is 5.75 Å². The van der Waals surface area contributed by atoms with Gasteiger partial charge in [-0.3, -0.25) is 0 Å². The first-order valence-electron chi connectivity index (χ1n) is 6.13. The Morgan fingerprint density at radius 1 is 1.19 bits per heavy atom. The van der Waals surface area contributed by atoms with Crippen LogP contribution < -0.4 is 4.74 Å². The molecule has 0 aliphatic heterocycles. The van der Waals surface area contributed by atoms with Crippen LogP contribution in [0, 0.1) is 5.92 Å². The molecule has 1 aromatic carbocycles. The molecule has 0 aliphatic carbocycles. The lowest BCUT2D eigenvalue weighted by Crippen LogP contribution is -2.11. The third kappa shape index (κ3) is 3.86. The standard InChI is InChI=1S/C14H22O2/c1-3-12(4-2)11-16-14-8-6-5-7-13(14)9-10-15/h5-8,12,15H,3-4,9-11H2,1-2H3. The summed E-state index contributed by atoms with van der Waals surface area (Å²) in [6.07, 6.45) is 2.97. The van der Waals surface area contributed by atoms with Gasteiger partial charge >= 0.3 is 0 Å². The molecular formula is C14H22O2. The molecule has 1 N–H and O–H groups in total. The SMILES string of the molecule is CCC(CC)COc1ccccc1CCO. The highest BCUT2D eigenvalue weighted by Crippen LogP contribution is 2.20. The summed E-state index contributed by atoms with van der Waals surface area (Å²) in [5.41, 5.74) is 1.09. The topological polar surface area (TPSA) is 29.5 Å². The van der Waals surface area contributed by atoms with Gasteiger partial charge in [0, 0.05) is 6.61 Å². The number of aliphatic hydroxyl groups excluding tert-OH is 1. The molecule has 0 spiro atoms. The van der Waals surface area contributed by atoms with E-state index in [1.807, 2.05) is 24.3 Å². The molecule has 0 amide bonds. The Morgan fingerprint density at radius 2 is 1.88 bits per heavy atom. The molecule has 0 atom stereocenters. The number of aliphatic hydroxyl groups is 1. The molecule has 90 valence electrons. The van der Waals surface area contributed by atoms with Gasteiger partial charge in [0.2, 0.25) is 0 Å². The molecule has 0 bridgehead atoms. The molecule has 0 saturated heterocycles. The van der Waals surface area contributed by atoms with Crippen LogP contribution in [0.15, 0.2) is 24.3 Å². The molecule has 0 heterocycles. The van der Waals surface area contributed by atoms with Gasteiger partial charge in [-0.05, 0) is 24.0 Å². The number of benzene rings is 1. The van der Waals surface area contributed by atoms with Crippen molar-refractivity contribution in [1.82, 2.24) is 0 Å². The van der Waals surface area contributed by atoms with E-state index >= 15 is 0 Å². The van der Waals surface area contributed by atoms with Gasteiger partial charge in [0.25, 0.3) is 0 Å². The lowest BCUT2D eigenvalue weighted by molar-refractivity contribution is 0.236.